The predicted molar refractivity (Wildman–Crippen MR) is 204 cm³/mol. The molecule has 0 fully saturated rings. The van der Waals surface area contributed by atoms with Crippen LogP contribution in [0.3, 0.4) is 0 Å². The summed E-state index contributed by atoms with van der Waals surface area (Å²) in [5.74, 6) is 0. The summed E-state index contributed by atoms with van der Waals surface area (Å²) >= 11 is 1.88. The Hall–Kier alpha value is -5.64. The minimum Gasteiger partial charge on any atom is -0.456 e. The van der Waals surface area contributed by atoms with Crippen molar-refractivity contribution in [3.63, 3.8) is 0 Å². The van der Waals surface area contributed by atoms with Gasteiger partial charge in [0.05, 0.1) is 21.8 Å². The monoisotopic (exact) mass is 633 g/mol. The van der Waals surface area contributed by atoms with Crippen LogP contribution in [-0.2, 0) is 5.41 Å². The SMILES string of the molecule is CC1(C)c2ccccc2-c2cccc(N(c3ccccc3-c3cccc4oc5ccccc5c34)c3cccc4c3sc3ccccc34)c21. The van der Waals surface area contributed by atoms with E-state index in [1.54, 1.807) is 0 Å². The molecule has 0 amide bonds. The highest BCUT2D eigenvalue weighted by molar-refractivity contribution is 7.26. The summed E-state index contributed by atoms with van der Waals surface area (Å²) in [6.07, 6.45) is 0. The van der Waals surface area contributed by atoms with Crippen molar-refractivity contribution in [2.45, 2.75) is 19.3 Å². The van der Waals surface area contributed by atoms with Crippen LogP contribution in [0.1, 0.15) is 25.0 Å². The van der Waals surface area contributed by atoms with Crippen molar-refractivity contribution >= 4 is 70.5 Å². The number of rotatable bonds is 4. The van der Waals surface area contributed by atoms with E-state index in [0.717, 1.165) is 33.2 Å². The minimum absolute atomic E-state index is 0.190. The molecular weight excluding hydrogens is 603 g/mol. The summed E-state index contributed by atoms with van der Waals surface area (Å²) in [6, 6.07) is 55.1. The Labute approximate surface area is 283 Å². The third kappa shape index (κ3) is 3.79. The van der Waals surface area contributed by atoms with Gasteiger partial charge in [-0.1, -0.05) is 129 Å². The first-order valence-corrected chi connectivity index (χ1v) is 17.3. The zero-order valence-electron chi connectivity index (χ0n) is 26.7. The van der Waals surface area contributed by atoms with E-state index in [9.17, 15) is 0 Å². The molecule has 0 radical (unpaired) electrons. The topological polar surface area (TPSA) is 16.4 Å². The maximum Gasteiger partial charge on any atom is 0.136 e. The molecule has 7 aromatic carbocycles. The van der Waals surface area contributed by atoms with Crippen LogP contribution in [-0.4, -0.2) is 0 Å². The first-order chi connectivity index (χ1) is 23.6. The molecule has 1 aliphatic carbocycles. The highest BCUT2D eigenvalue weighted by atomic mass is 32.1. The number of hydrogen-bond acceptors (Lipinski definition) is 3. The van der Waals surface area contributed by atoms with Crippen molar-refractivity contribution in [3.8, 4) is 22.3 Å². The average Bonchev–Trinajstić information content (AvgIpc) is 3.77. The van der Waals surface area contributed by atoms with Gasteiger partial charge in [0.1, 0.15) is 11.2 Å². The van der Waals surface area contributed by atoms with Crippen LogP contribution in [0.4, 0.5) is 17.1 Å². The maximum absolute atomic E-state index is 6.39. The van der Waals surface area contributed by atoms with Gasteiger partial charge in [-0.25, -0.2) is 0 Å². The Morgan fingerprint density at radius 1 is 0.479 bits per heavy atom. The van der Waals surface area contributed by atoms with Gasteiger partial charge >= 0.3 is 0 Å². The number of benzene rings is 7. The van der Waals surface area contributed by atoms with Gasteiger partial charge in [0.2, 0.25) is 0 Å². The number of furan rings is 1. The molecule has 228 valence electrons. The summed E-state index contributed by atoms with van der Waals surface area (Å²) in [5.41, 5.74) is 12.8. The molecule has 2 heterocycles. The van der Waals surface area contributed by atoms with Crippen molar-refractivity contribution in [1.29, 1.82) is 0 Å². The summed E-state index contributed by atoms with van der Waals surface area (Å²) in [5, 5.41) is 4.86. The highest BCUT2D eigenvalue weighted by Gasteiger charge is 2.39. The van der Waals surface area contributed by atoms with Crippen LogP contribution >= 0.6 is 11.3 Å². The first-order valence-electron chi connectivity index (χ1n) is 16.5. The normalized spacial score (nSPS) is 13.4. The van der Waals surface area contributed by atoms with Crippen LogP contribution in [0.2, 0.25) is 0 Å². The molecule has 0 N–H and O–H groups in total. The Kier molecular flexibility index (Phi) is 5.82. The number of fused-ring (bicyclic) bond motifs is 9. The van der Waals surface area contributed by atoms with Gasteiger partial charge in [0.15, 0.2) is 0 Å². The van der Waals surface area contributed by atoms with Crippen LogP contribution in [0.25, 0.3) is 64.4 Å². The second-order valence-electron chi connectivity index (χ2n) is 13.3. The van der Waals surface area contributed by atoms with Crippen LogP contribution in [0.5, 0.6) is 0 Å². The molecule has 0 aliphatic heterocycles. The van der Waals surface area contributed by atoms with Gasteiger partial charge in [-0.3, -0.25) is 0 Å². The molecule has 0 unspecified atom stereocenters. The lowest BCUT2D eigenvalue weighted by Gasteiger charge is -2.33. The molecule has 0 spiro atoms. The second kappa shape index (κ2) is 10.2. The van der Waals surface area contributed by atoms with Gasteiger partial charge in [0.25, 0.3) is 0 Å². The zero-order chi connectivity index (χ0) is 32.0. The van der Waals surface area contributed by atoms with Gasteiger partial charge in [-0.05, 0) is 64.2 Å². The molecule has 0 saturated carbocycles. The van der Waals surface area contributed by atoms with Crippen molar-refractivity contribution < 1.29 is 4.42 Å². The van der Waals surface area contributed by atoms with E-state index < -0.39 is 0 Å². The molecule has 9 aromatic rings. The van der Waals surface area contributed by atoms with E-state index in [-0.39, 0.29) is 5.41 Å². The fraction of sp³-hybridized carbons (Fsp3) is 0.0667. The van der Waals surface area contributed by atoms with E-state index in [2.05, 4.69) is 164 Å². The zero-order valence-corrected chi connectivity index (χ0v) is 27.5. The van der Waals surface area contributed by atoms with Crippen molar-refractivity contribution in [2.75, 3.05) is 4.90 Å². The Morgan fingerprint density at radius 2 is 1.08 bits per heavy atom. The van der Waals surface area contributed by atoms with Crippen molar-refractivity contribution in [2.24, 2.45) is 0 Å². The van der Waals surface area contributed by atoms with E-state index in [0.29, 0.717) is 0 Å². The third-order valence-electron chi connectivity index (χ3n) is 10.3. The van der Waals surface area contributed by atoms with E-state index >= 15 is 0 Å². The van der Waals surface area contributed by atoms with Crippen LogP contribution in [0.15, 0.2) is 156 Å². The maximum atomic E-state index is 6.39. The number of thiophene rings is 1. The third-order valence-corrected chi connectivity index (χ3v) is 11.5. The number of para-hydroxylation sites is 2. The smallest absolute Gasteiger partial charge is 0.136 e. The highest BCUT2D eigenvalue weighted by Crippen LogP contribution is 2.56. The lowest BCUT2D eigenvalue weighted by Crippen LogP contribution is -2.21. The molecule has 2 aromatic heterocycles. The quantitative estimate of drug-likeness (QED) is 0.192. The second-order valence-corrected chi connectivity index (χ2v) is 14.3. The predicted octanol–water partition coefficient (Wildman–Crippen LogP) is 13.4. The van der Waals surface area contributed by atoms with Crippen molar-refractivity contribution in [1.82, 2.24) is 0 Å². The van der Waals surface area contributed by atoms with Gasteiger partial charge in [-0.2, -0.15) is 0 Å². The minimum atomic E-state index is -0.190. The van der Waals surface area contributed by atoms with Crippen LogP contribution < -0.4 is 4.90 Å². The van der Waals surface area contributed by atoms with E-state index in [4.69, 9.17) is 4.42 Å². The number of hydrogen-bond donors (Lipinski definition) is 0. The molecule has 2 nitrogen and oxygen atoms in total. The molecule has 10 rings (SSSR count). The summed E-state index contributed by atoms with van der Waals surface area (Å²) in [6.45, 7) is 4.76. The van der Waals surface area contributed by atoms with E-state index in [1.165, 1.54) is 59.4 Å². The Balaban J connectivity index is 1.32. The molecule has 0 saturated heterocycles. The fourth-order valence-electron chi connectivity index (χ4n) is 8.20. The standard InChI is InChI=1S/C45H31NOS/c1-45(2)35-21-7-3-14-28(35)32-19-11-23-37(43(32)45)46(38-24-12-20-33-30-16-6-10-27-41(30)48-44(33)38)36-22-8-4-15-29(36)31-18-13-26-40-42(31)34-17-5-9-25-39(34)47-40/h3-27H,1-2H3. The molecule has 0 atom stereocenters. The van der Waals surface area contributed by atoms with Gasteiger partial charge in [0, 0.05) is 37.2 Å². The Bertz CT molecular complexity index is 2730. The summed E-state index contributed by atoms with van der Waals surface area (Å²) in [7, 11) is 0. The number of anilines is 3. The molecule has 0 bridgehead atoms. The van der Waals surface area contributed by atoms with Crippen molar-refractivity contribution in [3.05, 3.63) is 163 Å². The first kappa shape index (κ1) is 27.5. The summed E-state index contributed by atoms with van der Waals surface area (Å²) in [4.78, 5) is 2.54. The number of nitrogens with zero attached hydrogens (tertiary/aromatic N) is 1. The van der Waals surface area contributed by atoms with Crippen LogP contribution in [0, 0.1) is 0 Å². The fourth-order valence-corrected chi connectivity index (χ4v) is 9.40. The molecule has 3 heteroatoms. The largest absolute Gasteiger partial charge is 0.456 e. The molecule has 1 aliphatic rings. The van der Waals surface area contributed by atoms with Gasteiger partial charge in [-0.15, -0.1) is 11.3 Å². The van der Waals surface area contributed by atoms with Gasteiger partial charge < -0.3 is 9.32 Å². The van der Waals surface area contributed by atoms with E-state index in [1.807, 2.05) is 17.4 Å². The summed E-state index contributed by atoms with van der Waals surface area (Å²) < 4.78 is 8.97. The Morgan fingerprint density at radius 3 is 2.00 bits per heavy atom. The lowest BCUT2D eigenvalue weighted by atomic mass is 9.81. The average molecular weight is 634 g/mol. The molecule has 48 heavy (non-hydrogen) atoms. The lowest BCUT2D eigenvalue weighted by molar-refractivity contribution is 0.661. The molecular formula is C45H31NOS.